The van der Waals surface area contributed by atoms with Crippen molar-refractivity contribution in [3.63, 3.8) is 0 Å². The maximum Gasteiger partial charge on any atom is 0.227 e. The number of nitrogens with zero attached hydrogens (tertiary/aromatic N) is 1. The Morgan fingerprint density at radius 1 is 1.16 bits per heavy atom. The summed E-state index contributed by atoms with van der Waals surface area (Å²) in [6, 6.07) is 15.1. The Morgan fingerprint density at radius 3 is 2.52 bits per heavy atom. The van der Waals surface area contributed by atoms with E-state index in [9.17, 15) is 9.59 Å². The number of anilines is 1. The molecule has 1 heterocycles. The summed E-state index contributed by atoms with van der Waals surface area (Å²) in [5.41, 5.74) is 1.94. The van der Waals surface area contributed by atoms with Crippen LogP contribution in [0.1, 0.15) is 12.0 Å². The molecule has 1 saturated heterocycles. The van der Waals surface area contributed by atoms with E-state index in [4.69, 9.17) is 11.6 Å². The van der Waals surface area contributed by atoms with Crippen molar-refractivity contribution in [2.75, 3.05) is 18.0 Å². The van der Waals surface area contributed by atoms with Crippen molar-refractivity contribution in [2.24, 2.45) is 5.92 Å². The van der Waals surface area contributed by atoms with E-state index in [2.05, 4.69) is 21.2 Å². The zero-order chi connectivity index (χ0) is 17.8. The molecule has 1 aliphatic heterocycles. The normalized spacial score (nSPS) is 17.0. The molecule has 1 fully saturated rings. The second-order valence-corrected chi connectivity index (χ2v) is 7.40. The van der Waals surface area contributed by atoms with Gasteiger partial charge in [-0.15, -0.1) is 0 Å². The third-order valence-corrected chi connectivity index (χ3v) is 5.04. The molecule has 0 aromatic heterocycles. The predicted molar refractivity (Wildman–Crippen MR) is 103 cm³/mol. The molecule has 1 atom stereocenters. The van der Waals surface area contributed by atoms with Crippen molar-refractivity contribution in [2.45, 2.75) is 12.8 Å². The molecule has 0 spiro atoms. The Labute approximate surface area is 160 Å². The highest BCUT2D eigenvalue weighted by molar-refractivity contribution is 9.10. The number of carbonyl (C=O) groups is 2. The van der Waals surface area contributed by atoms with Crippen molar-refractivity contribution in [1.29, 1.82) is 0 Å². The van der Waals surface area contributed by atoms with Gasteiger partial charge in [-0.05, 0) is 48.4 Å². The molecule has 4 nitrogen and oxygen atoms in total. The van der Waals surface area contributed by atoms with Crippen LogP contribution in [-0.4, -0.2) is 24.9 Å². The van der Waals surface area contributed by atoms with Gasteiger partial charge in [0.25, 0.3) is 0 Å². The van der Waals surface area contributed by atoms with E-state index in [0.717, 1.165) is 22.1 Å². The Morgan fingerprint density at radius 2 is 1.84 bits per heavy atom. The van der Waals surface area contributed by atoms with E-state index in [1.165, 1.54) is 0 Å². The predicted octanol–water partition coefficient (Wildman–Crippen LogP) is 3.81. The molecular weight excluding hydrogens is 404 g/mol. The quantitative estimate of drug-likeness (QED) is 0.798. The Bertz CT molecular complexity index is 762. The number of hydrogen-bond acceptors (Lipinski definition) is 2. The molecule has 0 radical (unpaired) electrons. The zero-order valence-corrected chi connectivity index (χ0v) is 15.9. The molecule has 1 aliphatic rings. The third kappa shape index (κ3) is 4.61. The Balaban J connectivity index is 1.52. The molecule has 0 aliphatic carbocycles. The lowest BCUT2D eigenvalue weighted by molar-refractivity contribution is -0.126. The standard InChI is InChI=1S/C19H18BrClN2O2/c20-15-3-7-17(8-4-15)23-12-14(11-18(23)24)19(25)22-10-9-13-1-5-16(21)6-2-13/h1-8,14H,9-12H2,(H,22,25). The van der Waals surface area contributed by atoms with Crippen LogP contribution in [-0.2, 0) is 16.0 Å². The fraction of sp³-hybridized carbons (Fsp3) is 0.263. The van der Waals surface area contributed by atoms with Crippen LogP contribution < -0.4 is 10.2 Å². The number of benzene rings is 2. The monoisotopic (exact) mass is 420 g/mol. The average molecular weight is 422 g/mol. The topological polar surface area (TPSA) is 49.4 Å². The summed E-state index contributed by atoms with van der Waals surface area (Å²) < 4.78 is 0.958. The summed E-state index contributed by atoms with van der Waals surface area (Å²) in [7, 11) is 0. The molecule has 130 valence electrons. The minimum atomic E-state index is -0.304. The van der Waals surface area contributed by atoms with Crippen LogP contribution in [0.25, 0.3) is 0 Å². The molecule has 1 unspecified atom stereocenters. The van der Waals surface area contributed by atoms with Gasteiger partial charge in [-0.1, -0.05) is 39.7 Å². The molecule has 2 aromatic carbocycles. The molecule has 2 aromatic rings. The first kappa shape index (κ1) is 18.0. The molecule has 6 heteroatoms. The number of carbonyl (C=O) groups excluding carboxylic acids is 2. The number of halogens is 2. The lowest BCUT2D eigenvalue weighted by atomic mass is 10.1. The van der Waals surface area contributed by atoms with Gasteiger partial charge in [0.15, 0.2) is 0 Å². The van der Waals surface area contributed by atoms with Crippen molar-refractivity contribution in [3.8, 4) is 0 Å². The van der Waals surface area contributed by atoms with Gasteiger partial charge in [-0.2, -0.15) is 0 Å². The van der Waals surface area contributed by atoms with E-state index in [-0.39, 0.29) is 24.2 Å². The summed E-state index contributed by atoms with van der Waals surface area (Å²) in [6.45, 7) is 0.969. The highest BCUT2D eigenvalue weighted by Crippen LogP contribution is 2.26. The summed E-state index contributed by atoms with van der Waals surface area (Å²) in [6.07, 6.45) is 0.989. The Kier molecular flexibility index (Phi) is 5.76. The second-order valence-electron chi connectivity index (χ2n) is 6.05. The minimum absolute atomic E-state index is 0.0137. The number of nitrogens with one attached hydrogen (secondary N) is 1. The fourth-order valence-corrected chi connectivity index (χ4v) is 3.27. The van der Waals surface area contributed by atoms with Gasteiger partial charge in [0, 0.05) is 34.7 Å². The summed E-state index contributed by atoms with van der Waals surface area (Å²) in [5.74, 6) is -0.386. The van der Waals surface area contributed by atoms with Crippen LogP contribution in [0.15, 0.2) is 53.0 Å². The van der Waals surface area contributed by atoms with Gasteiger partial charge in [-0.25, -0.2) is 0 Å². The van der Waals surface area contributed by atoms with Gasteiger partial charge in [-0.3, -0.25) is 9.59 Å². The van der Waals surface area contributed by atoms with E-state index in [1.54, 1.807) is 4.90 Å². The largest absolute Gasteiger partial charge is 0.355 e. The maximum absolute atomic E-state index is 12.3. The molecule has 1 N–H and O–H groups in total. The first-order chi connectivity index (χ1) is 12.0. The summed E-state index contributed by atoms with van der Waals surface area (Å²) in [4.78, 5) is 26.2. The van der Waals surface area contributed by atoms with Crippen molar-refractivity contribution < 1.29 is 9.59 Å². The van der Waals surface area contributed by atoms with Crippen LogP contribution in [0, 0.1) is 5.92 Å². The lowest BCUT2D eigenvalue weighted by Crippen LogP contribution is -2.34. The molecule has 25 heavy (non-hydrogen) atoms. The number of rotatable bonds is 5. The molecular formula is C19H18BrClN2O2. The van der Waals surface area contributed by atoms with Gasteiger partial charge in [0.1, 0.15) is 0 Å². The van der Waals surface area contributed by atoms with Crippen LogP contribution in [0.5, 0.6) is 0 Å². The van der Waals surface area contributed by atoms with Crippen molar-refractivity contribution >= 4 is 45.0 Å². The van der Waals surface area contributed by atoms with E-state index in [0.29, 0.717) is 18.1 Å². The Hall–Kier alpha value is -1.85. The summed E-state index contributed by atoms with van der Waals surface area (Å²) >= 11 is 9.24. The molecule has 2 amide bonds. The SMILES string of the molecule is O=C(NCCc1ccc(Cl)cc1)C1CC(=O)N(c2ccc(Br)cc2)C1. The third-order valence-electron chi connectivity index (χ3n) is 4.26. The lowest BCUT2D eigenvalue weighted by Gasteiger charge is -2.16. The maximum atomic E-state index is 12.3. The van der Waals surface area contributed by atoms with Gasteiger partial charge < -0.3 is 10.2 Å². The van der Waals surface area contributed by atoms with Crippen molar-refractivity contribution in [1.82, 2.24) is 5.32 Å². The highest BCUT2D eigenvalue weighted by Gasteiger charge is 2.34. The van der Waals surface area contributed by atoms with Crippen molar-refractivity contribution in [3.05, 3.63) is 63.6 Å². The first-order valence-electron chi connectivity index (χ1n) is 8.11. The van der Waals surface area contributed by atoms with Gasteiger partial charge in [0.05, 0.1) is 5.92 Å². The van der Waals surface area contributed by atoms with E-state index in [1.807, 2.05) is 48.5 Å². The van der Waals surface area contributed by atoms with E-state index < -0.39 is 0 Å². The molecule has 0 bridgehead atoms. The van der Waals surface area contributed by atoms with Crippen LogP contribution in [0.3, 0.4) is 0 Å². The average Bonchev–Trinajstić information content (AvgIpc) is 2.99. The highest BCUT2D eigenvalue weighted by atomic mass is 79.9. The van der Waals surface area contributed by atoms with E-state index >= 15 is 0 Å². The fourth-order valence-electron chi connectivity index (χ4n) is 2.88. The smallest absolute Gasteiger partial charge is 0.227 e. The molecule has 3 rings (SSSR count). The minimum Gasteiger partial charge on any atom is -0.355 e. The van der Waals surface area contributed by atoms with Crippen LogP contribution in [0.2, 0.25) is 5.02 Å². The number of hydrogen-bond donors (Lipinski definition) is 1. The first-order valence-corrected chi connectivity index (χ1v) is 9.28. The second kappa shape index (κ2) is 8.02. The van der Waals surface area contributed by atoms with Crippen LogP contribution in [0.4, 0.5) is 5.69 Å². The number of amides is 2. The van der Waals surface area contributed by atoms with Crippen LogP contribution >= 0.6 is 27.5 Å². The zero-order valence-electron chi connectivity index (χ0n) is 13.5. The molecule has 0 saturated carbocycles. The van der Waals surface area contributed by atoms with Gasteiger partial charge >= 0.3 is 0 Å². The van der Waals surface area contributed by atoms with Gasteiger partial charge in [0.2, 0.25) is 11.8 Å². The summed E-state index contributed by atoms with van der Waals surface area (Å²) in [5, 5.41) is 3.63.